The van der Waals surface area contributed by atoms with Gasteiger partial charge >= 0.3 is 0 Å². The summed E-state index contributed by atoms with van der Waals surface area (Å²) in [6.45, 7) is 4.47. The summed E-state index contributed by atoms with van der Waals surface area (Å²) in [4.78, 5) is 15.1. The van der Waals surface area contributed by atoms with Crippen LogP contribution in [0.3, 0.4) is 0 Å². The molecule has 0 bridgehead atoms. The molecule has 5 nitrogen and oxygen atoms in total. The third kappa shape index (κ3) is 3.86. The number of carbonyl (C=O) groups excluding carboxylic acids is 1. The van der Waals surface area contributed by atoms with E-state index < -0.39 is 6.10 Å². The average Bonchev–Trinajstić information content (AvgIpc) is 2.34. The lowest BCUT2D eigenvalue weighted by atomic mass is 10.1. The number of anilines is 1. The summed E-state index contributed by atoms with van der Waals surface area (Å²) < 4.78 is 0. The molecule has 1 aromatic rings. The second-order valence-corrected chi connectivity index (χ2v) is 4.72. The van der Waals surface area contributed by atoms with Gasteiger partial charge in [0.05, 0.1) is 12.6 Å². The molecule has 0 heterocycles. The smallest absolute Gasteiger partial charge is 0.241 e. The molecule has 1 atom stereocenters. The summed E-state index contributed by atoms with van der Waals surface area (Å²) in [6.07, 6.45) is -0.715. The van der Waals surface area contributed by atoms with Crippen molar-refractivity contribution in [2.45, 2.75) is 20.0 Å². The fourth-order valence-corrected chi connectivity index (χ4v) is 1.77. The number of carbonyl (C=O) groups is 1. The Hall–Kier alpha value is -1.75. The van der Waals surface area contributed by atoms with Crippen molar-refractivity contribution in [2.75, 3.05) is 32.1 Å². The Bertz CT molecular complexity index is 444. The fourth-order valence-electron chi connectivity index (χ4n) is 1.77. The molecule has 0 aromatic heterocycles. The first-order chi connectivity index (χ1) is 8.86. The standard InChI is InChI=1S/C14H22N2O3/c1-5-16(9-14(19)15(3)4)11-6-7-12(10(2)17)13(18)8-11/h6-8,10,17-18H,5,9H2,1-4H3. The number of phenolic OH excluding ortho intramolecular Hbond substituents is 1. The lowest BCUT2D eigenvalue weighted by molar-refractivity contribution is -0.127. The van der Waals surface area contributed by atoms with Gasteiger partial charge in [0, 0.05) is 38.0 Å². The lowest BCUT2D eigenvalue weighted by Crippen LogP contribution is -2.36. The Kier molecular flexibility index (Phi) is 5.18. The Morgan fingerprint density at radius 1 is 1.37 bits per heavy atom. The SMILES string of the molecule is CCN(CC(=O)N(C)C)c1ccc(C(C)O)c(O)c1. The Morgan fingerprint density at radius 2 is 2.00 bits per heavy atom. The van der Waals surface area contributed by atoms with Crippen molar-refractivity contribution in [3.05, 3.63) is 23.8 Å². The molecule has 0 aliphatic heterocycles. The van der Waals surface area contributed by atoms with Crippen LogP contribution in [0.2, 0.25) is 0 Å². The molecule has 5 heteroatoms. The van der Waals surface area contributed by atoms with Crippen LogP contribution in [0.1, 0.15) is 25.5 Å². The minimum Gasteiger partial charge on any atom is -0.507 e. The minimum absolute atomic E-state index is 0.000873. The largest absolute Gasteiger partial charge is 0.507 e. The summed E-state index contributed by atoms with van der Waals surface area (Å²) in [6, 6.07) is 5.06. The number of nitrogens with zero attached hydrogens (tertiary/aromatic N) is 2. The molecular weight excluding hydrogens is 244 g/mol. The molecule has 1 unspecified atom stereocenters. The third-order valence-corrected chi connectivity index (χ3v) is 3.04. The van der Waals surface area contributed by atoms with Gasteiger partial charge in [-0.15, -0.1) is 0 Å². The zero-order valence-corrected chi connectivity index (χ0v) is 11.9. The number of rotatable bonds is 5. The molecule has 106 valence electrons. The quantitative estimate of drug-likeness (QED) is 0.844. The maximum Gasteiger partial charge on any atom is 0.241 e. The Balaban J connectivity index is 2.94. The van der Waals surface area contributed by atoms with Crippen molar-refractivity contribution in [1.29, 1.82) is 0 Å². The molecule has 1 amide bonds. The van der Waals surface area contributed by atoms with Crippen molar-refractivity contribution >= 4 is 11.6 Å². The van der Waals surface area contributed by atoms with E-state index >= 15 is 0 Å². The van der Waals surface area contributed by atoms with Gasteiger partial charge in [-0.2, -0.15) is 0 Å². The Morgan fingerprint density at radius 3 is 2.42 bits per heavy atom. The number of hydrogen-bond acceptors (Lipinski definition) is 4. The first kappa shape index (κ1) is 15.3. The van der Waals surface area contributed by atoms with Crippen molar-refractivity contribution in [1.82, 2.24) is 4.90 Å². The van der Waals surface area contributed by atoms with Gasteiger partial charge < -0.3 is 20.0 Å². The van der Waals surface area contributed by atoms with E-state index in [1.54, 1.807) is 39.2 Å². The number of aromatic hydroxyl groups is 1. The molecule has 0 saturated carbocycles. The van der Waals surface area contributed by atoms with Gasteiger partial charge in [-0.05, 0) is 19.9 Å². The van der Waals surface area contributed by atoms with E-state index in [9.17, 15) is 15.0 Å². The first-order valence-corrected chi connectivity index (χ1v) is 6.32. The number of benzene rings is 1. The normalized spacial score (nSPS) is 12.1. The second kappa shape index (κ2) is 6.43. The van der Waals surface area contributed by atoms with E-state index in [2.05, 4.69) is 0 Å². The zero-order valence-electron chi connectivity index (χ0n) is 11.9. The molecule has 19 heavy (non-hydrogen) atoms. The molecule has 0 saturated heterocycles. The van der Waals surface area contributed by atoms with Gasteiger partial charge in [0.1, 0.15) is 5.75 Å². The van der Waals surface area contributed by atoms with E-state index in [1.165, 1.54) is 4.90 Å². The zero-order chi connectivity index (χ0) is 14.6. The molecule has 0 fully saturated rings. The van der Waals surface area contributed by atoms with Crippen molar-refractivity contribution < 1.29 is 15.0 Å². The topological polar surface area (TPSA) is 64.0 Å². The second-order valence-electron chi connectivity index (χ2n) is 4.72. The summed E-state index contributed by atoms with van der Waals surface area (Å²) in [7, 11) is 3.42. The van der Waals surface area contributed by atoms with Crippen LogP contribution >= 0.6 is 0 Å². The summed E-state index contributed by atoms with van der Waals surface area (Å²) in [5, 5.41) is 19.3. The molecule has 0 spiro atoms. The summed E-state index contributed by atoms with van der Waals surface area (Å²) in [5.41, 5.74) is 1.25. The van der Waals surface area contributed by atoms with E-state index in [1.807, 2.05) is 11.8 Å². The number of aliphatic hydroxyl groups is 1. The van der Waals surface area contributed by atoms with Gasteiger partial charge in [-0.3, -0.25) is 4.79 Å². The van der Waals surface area contributed by atoms with E-state index in [0.29, 0.717) is 12.1 Å². The highest BCUT2D eigenvalue weighted by Gasteiger charge is 2.14. The maximum atomic E-state index is 11.7. The van der Waals surface area contributed by atoms with Crippen LogP contribution in [-0.4, -0.2) is 48.2 Å². The predicted molar refractivity (Wildman–Crippen MR) is 75.3 cm³/mol. The minimum atomic E-state index is -0.715. The van der Waals surface area contributed by atoms with Crippen LogP contribution in [0.5, 0.6) is 5.75 Å². The highest BCUT2D eigenvalue weighted by molar-refractivity contribution is 5.81. The first-order valence-electron chi connectivity index (χ1n) is 6.32. The van der Waals surface area contributed by atoms with Crippen LogP contribution in [0, 0.1) is 0 Å². The predicted octanol–water partition coefficient (Wildman–Crippen LogP) is 1.36. The maximum absolute atomic E-state index is 11.7. The van der Waals surface area contributed by atoms with Gasteiger partial charge in [-0.1, -0.05) is 6.07 Å². The van der Waals surface area contributed by atoms with Gasteiger partial charge in [0.2, 0.25) is 5.91 Å². The number of likely N-dealkylation sites (N-methyl/N-ethyl adjacent to an activating group) is 2. The van der Waals surface area contributed by atoms with Gasteiger partial charge in [-0.25, -0.2) is 0 Å². The summed E-state index contributed by atoms with van der Waals surface area (Å²) in [5.74, 6) is 0.0456. The summed E-state index contributed by atoms with van der Waals surface area (Å²) >= 11 is 0. The third-order valence-electron chi connectivity index (χ3n) is 3.04. The molecule has 0 aliphatic rings. The van der Waals surface area contributed by atoms with Crippen molar-refractivity contribution in [3.8, 4) is 5.75 Å². The van der Waals surface area contributed by atoms with Crippen LogP contribution in [0.25, 0.3) is 0 Å². The van der Waals surface area contributed by atoms with E-state index in [0.717, 1.165) is 5.69 Å². The van der Waals surface area contributed by atoms with Crippen LogP contribution in [-0.2, 0) is 4.79 Å². The average molecular weight is 266 g/mol. The van der Waals surface area contributed by atoms with Crippen LogP contribution in [0.4, 0.5) is 5.69 Å². The number of aliphatic hydroxyl groups excluding tert-OH is 1. The highest BCUT2D eigenvalue weighted by Crippen LogP contribution is 2.28. The molecule has 2 N–H and O–H groups in total. The van der Waals surface area contributed by atoms with Crippen molar-refractivity contribution in [2.24, 2.45) is 0 Å². The molecule has 0 aliphatic carbocycles. The van der Waals surface area contributed by atoms with E-state index in [4.69, 9.17) is 0 Å². The van der Waals surface area contributed by atoms with Gasteiger partial charge in [0.25, 0.3) is 0 Å². The monoisotopic (exact) mass is 266 g/mol. The Labute approximate surface area is 114 Å². The molecule has 1 aromatic carbocycles. The van der Waals surface area contributed by atoms with Crippen LogP contribution < -0.4 is 4.90 Å². The number of hydrogen-bond donors (Lipinski definition) is 2. The highest BCUT2D eigenvalue weighted by atomic mass is 16.3. The van der Waals surface area contributed by atoms with Crippen molar-refractivity contribution in [3.63, 3.8) is 0 Å². The molecule has 1 rings (SSSR count). The fraction of sp³-hybridized carbons (Fsp3) is 0.500. The van der Waals surface area contributed by atoms with Gasteiger partial charge in [0.15, 0.2) is 0 Å². The number of phenols is 1. The molecular formula is C14H22N2O3. The van der Waals surface area contributed by atoms with E-state index in [-0.39, 0.29) is 18.2 Å². The number of amides is 1. The molecule has 0 radical (unpaired) electrons. The van der Waals surface area contributed by atoms with Crippen LogP contribution in [0.15, 0.2) is 18.2 Å². The lowest BCUT2D eigenvalue weighted by Gasteiger charge is -2.25.